The van der Waals surface area contributed by atoms with Crippen molar-refractivity contribution in [1.82, 2.24) is 19.9 Å². The Bertz CT molecular complexity index is 1480. The summed E-state index contributed by atoms with van der Waals surface area (Å²) in [7, 11) is 6.18. The maximum atomic E-state index is 10.8. The Balaban J connectivity index is 0.000000431. The van der Waals surface area contributed by atoms with E-state index in [1.807, 2.05) is 6.07 Å². The van der Waals surface area contributed by atoms with E-state index in [9.17, 15) is 4.79 Å². The number of aromatic nitrogens is 4. The zero-order valence-corrected chi connectivity index (χ0v) is 27.5. The van der Waals surface area contributed by atoms with Crippen LogP contribution in [0.1, 0.15) is 51.0 Å². The fourth-order valence-corrected chi connectivity index (χ4v) is 3.63. The van der Waals surface area contributed by atoms with Gasteiger partial charge in [0.1, 0.15) is 30.8 Å². The standard InChI is InChI=1S/C15H15N3O3.C15H16N2O5.Na.H2O/c1-19-15(20-2)13-5-6-17-9-14(13)21-10-12-4-3-11(7-16)8-18-12;1-20-15(21-2)12-5-6-16-8-13(12)22-9-11-4-3-10(7-17-11)14(18)19;;/h3-6,8-9,15H,10H2,1-2H3;3-8,15H,9H2,1-2H3,(H,18,19);;1H2/q;;+1;/p-1. The van der Waals surface area contributed by atoms with E-state index in [-0.39, 0.29) is 53.8 Å². The number of methoxy groups -OCH3 is 4. The minimum atomic E-state index is -1.02. The molecule has 0 unspecified atom stereocenters. The number of ether oxygens (including phenoxy) is 6. The maximum Gasteiger partial charge on any atom is 1.00 e. The third-order valence-corrected chi connectivity index (χ3v) is 5.77. The zero-order valence-electron chi connectivity index (χ0n) is 25.5. The van der Waals surface area contributed by atoms with Crippen molar-refractivity contribution >= 4 is 5.97 Å². The average molecular weight is 630 g/mol. The van der Waals surface area contributed by atoms with Gasteiger partial charge in [-0.15, -0.1) is 0 Å². The van der Waals surface area contributed by atoms with Crippen molar-refractivity contribution < 1.29 is 73.4 Å². The molecular weight excluding hydrogens is 597 g/mol. The van der Waals surface area contributed by atoms with Gasteiger partial charge in [-0.1, -0.05) is 0 Å². The van der Waals surface area contributed by atoms with Crippen LogP contribution in [0.4, 0.5) is 0 Å². The van der Waals surface area contributed by atoms with Gasteiger partial charge in [0.2, 0.25) is 0 Å². The van der Waals surface area contributed by atoms with Crippen molar-refractivity contribution in [3.63, 3.8) is 0 Å². The monoisotopic (exact) mass is 629 g/mol. The second-order valence-corrected chi connectivity index (χ2v) is 8.50. The average Bonchev–Trinajstić information content (AvgIpc) is 3.05. The molecule has 0 radical (unpaired) electrons. The summed E-state index contributed by atoms with van der Waals surface area (Å²) in [5, 5.41) is 17.6. The number of hydrogen-bond acceptors (Lipinski definition) is 13. The molecular formula is C30H32N5NaO9. The number of carboxylic acids is 1. The van der Waals surface area contributed by atoms with Crippen molar-refractivity contribution in [1.29, 1.82) is 5.26 Å². The van der Waals surface area contributed by atoms with Crippen LogP contribution in [0.15, 0.2) is 73.6 Å². The van der Waals surface area contributed by atoms with Gasteiger partial charge in [0.15, 0.2) is 12.6 Å². The molecule has 2 N–H and O–H groups in total. The van der Waals surface area contributed by atoms with Crippen LogP contribution in [0.3, 0.4) is 0 Å². The SMILES string of the molecule is COC(OC)c1ccncc1OCc1ccc(C#N)cn1.COC(OC)c1ccncc1OCc1ccc(C(=O)O)cn1.[Na+].[OH-]. The fraction of sp³-hybridized carbons (Fsp3) is 0.267. The maximum absolute atomic E-state index is 10.8. The first-order valence-electron chi connectivity index (χ1n) is 12.7. The number of carbonyl (C=O) groups is 1. The van der Waals surface area contributed by atoms with Crippen molar-refractivity contribution in [2.75, 3.05) is 28.4 Å². The minimum Gasteiger partial charge on any atom is -0.870 e. The van der Waals surface area contributed by atoms with Crippen molar-refractivity contribution in [2.45, 2.75) is 25.8 Å². The molecule has 45 heavy (non-hydrogen) atoms. The molecule has 0 saturated carbocycles. The first kappa shape index (κ1) is 39.0. The summed E-state index contributed by atoms with van der Waals surface area (Å²) >= 11 is 0. The van der Waals surface area contributed by atoms with E-state index in [1.54, 1.807) is 69.3 Å². The third-order valence-electron chi connectivity index (χ3n) is 5.77. The number of rotatable bonds is 13. The Morgan fingerprint density at radius 2 is 1.22 bits per heavy atom. The molecule has 14 nitrogen and oxygen atoms in total. The first-order chi connectivity index (χ1) is 20.9. The predicted octanol–water partition coefficient (Wildman–Crippen LogP) is 1.09. The van der Waals surface area contributed by atoms with Crippen molar-refractivity contribution in [2.24, 2.45) is 0 Å². The van der Waals surface area contributed by atoms with Crippen LogP contribution in [-0.2, 0) is 32.2 Å². The van der Waals surface area contributed by atoms with E-state index in [4.69, 9.17) is 38.8 Å². The summed E-state index contributed by atoms with van der Waals surface area (Å²) in [4.78, 5) is 27.0. The van der Waals surface area contributed by atoms with E-state index < -0.39 is 18.5 Å². The van der Waals surface area contributed by atoms with E-state index >= 15 is 0 Å². The fourth-order valence-electron chi connectivity index (χ4n) is 3.63. The van der Waals surface area contributed by atoms with Crippen LogP contribution in [0.5, 0.6) is 11.5 Å². The number of nitrogens with zero attached hydrogens (tertiary/aromatic N) is 5. The normalized spacial score (nSPS) is 10.1. The first-order valence-corrected chi connectivity index (χ1v) is 12.7. The summed E-state index contributed by atoms with van der Waals surface area (Å²) in [5.74, 6) is 0.0650. The minimum absolute atomic E-state index is 0. The molecule has 4 rings (SSSR count). The number of carboxylic acid groups (broad SMARTS) is 1. The molecule has 4 aromatic heterocycles. The van der Waals surface area contributed by atoms with Crippen molar-refractivity contribution in [3.8, 4) is 17.6 Å². The molecule has 4 aromatic rings. The molecule has 4 heterocycles. The molecule has 0 saturated heterocycles. The van der Waals surface area contributed by atoms with Crippen LogP contribution in [-0.4, -0.2) is 64.9 Å². The quantitative estimate of drug-likeness (QED) is 0.163. The molecule has 232 valence electrons. The molecule has 0 amide bonds. The van der Waals surface area contributed by atoms with Crippen LogP contribution >= 0.6 is 0 Å². The molecule has 0 spiro atoms. The van der Waals surface area contributed by atoms with Gasteiger partial charge in [-0.2, -0.15) is 5.26 Å². The van der Waals surface area contributed by atoms with Crippen LogP contribution in [0, 0.1) is 11.3 Å². The van der Waals surface area contributed by atoms with Gasteiger partial charge < -0.3 is 39.0 Å². The third kappa shape index (κ3) is 11.8. The van der Waals surface area contributed by atoms with Gasteiger partial charge in [0, 0.05) is 53.2 Å². The number of pyridine rings is 4. The molecule has 0 fully saturated rings. The van der Waals surface area contributed by atoms with Gasteiger partial charge >= 0.3 is 35.5 Å². The Hall–Kier alpha value is -4.04. The Kier molecular flexibility index (Phi) is 18.0. The van der Waals surface area contributed by atoms with Gasteiger partial charge in [0.25, 0.3) is 0 Å². The summed E-state index contributed by atoms with van der Waals surface area (Å²) in [6, 6.07) is 12.1. The van der Waals surface area contributed by atoms with E-state index in [2.05, 4.69) is 19.9 Å². The van der Waals surface area contributed by atoms with Crippen LogP contribution in [0.2, 0.25) is 0 Å². The summed E-state index contributed by atoms with van der Waals surface area (Å²) < 4.78 is 32.3. The second kappa shape index (κ2) is 20.8. The van der Waals surface area contributed by atoms with Crippen LogP contribution < -0.4 is 39.0 Å². The van der Waals surface area contributed by atoms with Crippen LogP contribution in [0.25, 0.3) is 0 Å². The Morgan fingerprint density at radius 1 is 0.756 bits per heavy atom. The number of hydrogen-bond donors (Lipinski definition) is 1. The van der Waals surface area contributed by atoms with Gasteiger partial charge in [-0.25, -0.2) is 4.79 Å². The van der Waals surface area contributed by atoms with E-state index in [1.165, 1.54) is 32.7 Å². The van der Waals surface area contributed by atoms with Gasteiger partial charge in [-0.05, 0) is 36.4 Å². The Labute approximate surface area is 282 Å². The molecule has 0 atom stereocenters. The molecule has 0 bridgehead atoms. The zero-order chi connectivity index (χ0) is 31.0. The summed E-state index contributed by atoms with van der Waals surface area (Å²) in [6.07, 6.45) is 8.15. The molecule has 15 heteroatoms. The van der Waals surface area contributed by atoms with E-state index in [0.717, 1.165) is 11.3 Å². The molecule has 0 aromatic carbocycles. The second-order valence-electron chi connectivity index (χ2n) is 8.50. The van der Waals surface area contributed by atoms with Gasteiger partial charge in [-0.3, -0.25) is 19.9 Å². The smallest absolute Gasteiger partial charge is 0.870 e. The molecule has 0 aliphatic rings. The molecule has 0 aliphatic carbocycles. The van der Waals surface area contributed by atoms with E-state index in [0.29, 0.717) is 28.3 Å². The summed E-state index contributed by atoms with van der Waals surface area (Å²) in [5.41, 5.74) is 3.43. The summed E-state index contributed by atoms with van der Waals surface area (Å²) in [6.45, 7) is 0.448. The Morgan fingerprint density at radius 3 is 1.58 bits per heavy atom. The van der Waals surface area contributed by atoms with Gasteiger partial charge in [0.05, 0.1) is 46.0 Å². The topological polar surface area (TPSA) is 198 Å². The number of aromatic carboxylic acids is 1. The predicted molar refractivity (Wildman–Crippen MR) is 153 cm³/mol. The van der Waals surface area contributed by atoms with Crippen molar-refractivity contribution in [3.05, 3.63) is 107 Å². The number of nitriles is 1. The molecule has 0 aliphatic heterocycles. The largest absolute Gasteiger partial charge is 1.00 e.